The average Bonchev–Trinajstić information content (AvgIpc) is 3.38. The van der Waals surface area contributed by atoms with E-state index in [2.05, 4.69) is 4.98 Å². The van der Waals surface area contributed by atoms with Crippen molar-refractivity contribution in [2.75, 3.05) is 6.26 Å². The van der Waals surface area contributed by atoms with Crippen molar-refractivity contribution in [3.63, 3.8) is 0 Å². The molecule has 1 N–H and O–H groups in total. The summed E-state index contributed by atoms with van der Waals surface area (Å²) in [5.74, 6) is 0.792. The molecule has 5 rings (SSSR count). The van der Waals surface area contributed by atoms with E-state index < -0.39 is 9.84 Å². The second kappa shape index (κ2) is 7.21. The third-order valence-corrected chi connectivity index (χ3v) is 6.25. The summed E-state index contributed by atoms with van der Waals surface area (Å²) in [7, 11) is -3.31. The van der Waals surface area contributed by atoms with Crippen LogP contribution >= 0.6 is 0 Å². The van der Waals surface area contributed by atoms with Gasteiger partial charge in [-0.25, -0.2) is 17.8 Å². The van der Waals surface area contributed by atoms with Crippen LogP contribution in [-0.4, -0.2) is 24.6 Å². The summed E-state index contributed by atoms with van der Waals surface area (Å²) >= 11 is 0. The molecule has 5 nitrogen and oxygen atoms in total. The van der Waals surface area contributed by atoms with Crippen LogP contribution in [0.15, 0.2) is 88.4 Å². The minimum Gasteiger partial charge on any atom is -0.460 e. The van der Waals surface area contributed by atoms with Gasteiger partial charge < -0.3 is 9.40 Å². The van der Waals surface area contributed by atoms with E-state index in [1.54, 1.807) is 42.7 Å². The Morgan fingerprint density at radius 3 is 2.29 bits per heavy atom. The van der Waals surface area contributed by atoms with Crippen molar-refractivity contribution in [1.82, 2.24) is 9.97 Å². The molecule has 31 heavy (non-hydrogen) atoms. The molecule has 0 radical (unpaired) electrons. The summed E-state index contributed by atoms with van der Waals surface area (Å²) in [6.45, 7) is 0. The largest absolute Gasteiger partial charge is 0.460 e. The zero-order chi connectivity index (χ0) is 21.6. The highest BCUT2D eigenvalue weighted by molar-refractivity contribution is 7.90. The fourth-order valence-electron chi connectivity index (χ4n) is 3.55. The van der Waals surface area contributed by atoms with Crippen molar-refractivity contribution in [3.8, 4) is 34.1 Å². The maximum atomic E-state index is 13.5. The van der Waals surface area contributed by atoms with E-state index in [0.717, 1.165) is 21.9 Å². The third kappa shape index (κ3) is 3.53. The Kier molecular flexibility index (Phi) is 4.48. The van der Waals surface area contributed by atoms with Gasteiger partial charge in [-0.2, -0.15) is 0 Å². The van der Waals surface area contributed by atoms with Crippen LogP contribution in [0, 0.1) is 5.82 Å². The summed E-state index contributed by atoms with van der Waals surface area (Å²) < 4.78 is 42.9. The number of nitrogens with zero attached hydrogens (tertiary/aromatic N) is 1. The molecular formula is C24H17FN2O3S. The maximum absolute atomic E-state index is 13.5. The summed E-state index contributed by atoms with van der Waals surface area (Å²) in [4.78, 5) is 8.31. The number of halogens is 1. The number of sulfone groups is 1. The standard InChI is InChI=1S/C24H17FN2O3S/c1-31(28,29)19-12-8-16(9-13-19)22-21(15-6-10-18(25)11-7-15)26-24(27-22)23-20-5-3-2-4-17(20)14-30-23/h2-14H,1H3,(H,26,27). The van der Waals surface area contributed by atoms with E-state index >= 15 is 0 Å². The van der Waals surface area contributed by atoms with Crippen LogP contribution < -0.4 is 0 Å². The molecule has 0 amide bonds. The van der Waals surface area contributed by atoms with E-state index in [-0.39, 0.29) is 10.7 Å². The molecule has 0 saturated heterocycles. The Balaban J connectivity index is 1.70. The van der Waals surface area contributed by atoms with E-state index in [1.807, 2.05) is 24.3 Å². The van der Waals surface area contributed by atoms with Gasteiger partial charge in [-0.1, -0.05) is 36.4 Å². The highest BCUT2D eigenvalue weighted by Crippen LogP contribution is 2.36. The van der Waals surface area contributed by atoms with Gasteiger partial charge in [-0.05, 0) is 36.4 Å². The van der Waals surface area contributed by atoms with Crippen molar-refractivity contribution < 1.29 is 17.2 Å². The highest BCUT2D eigenvalue weighted by Gasteiger charge is 2.19. The molecule has 3 aromatic carbocycles. The third-order valence-electron chi connectivity index (χ3n) is 5.12. The van der Waals surface area contributed by atoms with Gasteiger partial charge in [0, 0.05) is 28.2 Å². The molecule has 0 aliphatic heterocycles. The Morgan fingerprint density at radius 2 is 1.58 bits per heavy atom. The number of imidazole rings is 1. The van der Waals surface area contributed by atoms with E-state index in [4.69, 9.17) is 9.40 Å². The fourth-order valence-corrected chi connectivity index (χ4v) is 4.18. The number of hydrogen-bond acceptors (Lipinski definition) is 4. The normalized spacial score (nSPS) is 11.8. The van der Waals surface area contributed by atoms with E-state index in [0.29, 0.717) is 23.0 Å². The van der Waals surface area contributed by atoms with Crippen LogP contribution in [0.25, 0.3) is 44.9 Å². The lowest BCUT2D eigenvalue weighted by Crippen LogP contribution is -1.96. The molecule has 0 fully saturated rings. The molecule has 5 aromatic rings. The maximum Gasteiger partial charge on any atom is 0.177 e. The second-order valence-electron chi connectivity index (χ2n) is 7.26. The van der Waals surface area contributed by atoms with Crippen LogP contribution in [-0.2, 0) is 9.84 Å². The van der Waals surface area contributed by atoms with Gasteiger partial charge >= 0.3 is 0 Å². The molecule has 0 saturated carbocycles. The fraction of sp³-hybridized carbons (Fsp3) is 0.0417. The van der Waals surface area contributed by atoms with Gasteiger partial charge in [0.1, 0.15) is 5.82 Å². The SMILES string of the molecule is CS(=O)(=O)c1ccc(-c2nc(-c3occ4ccccc34)[nH]c2-c2ccc(F)cc2)cc1. The number of hydrogen-bond donors (Lipinski definition) is 1. The average molecular weight is 432 g/mol. The minimum absolute atomic E-state index is 0.229. The molecule has 2 heterocycles. The number of rotatable bonds is 4. The van der Waals surface area contributed by atoms with Crippen LogP contribution in [0.2, 0.25) is 0 Å². The highest BCUT2D eigenvalue weighted by atomic mass is 32.2. The molecule has 0 spiro atoms. The van der Waals surface area contributed by atoms with Crippen LogP contribution in [0.5, 0.6) is 0 Å². The number of H-pyrrole nitrogens is 1. The van der Waals surface area contributed by atoms with Gasteiger partial charge in [0.25, 0.3) is 0 Å². The van der Waals surface area contributed by atoms with Crippen LogP contribution in [0.3, 0.4) is 0 Å². The van der Waals surface area contributed by atoms with Crippen molar-refractivity contribution in [1.29, 1.82) is 0 Å². The second-order valence-corrected chi connectivity index (χ2v) is 9.28. The van der Waals surface area contributed by atoms with Gasteiger partial charge in [-0.3, -0.25) is 0 Å². The first-order valence-corrected chi connectivity index (χ1v) is 11.4. The minimum atomic E-state index is -3.31. The zero-order valence-corrected chi connectivity index (χ0v) is 17.3. The first kappa shape index (κ1) is 19.3. The van der Waals surface area contributed by atoms with Gasteiger partial charge in [0.05, 0.1) is 22.5 Å². The predicted molar refractivity (Wildman–Crippen MR) is 118 cm³/mol. The monoisotopic (exact) mass is 432 g/mol. The van der Waals surface area contributed by atoms with Crippen LogP contribution in [0.1, 0.15) is 0 Å². The lowest BCUT2D eigenvalue weighted by Gasteiger charge is -2.04. The van der Waals surface area contributed by atoms with Crippen molar-refractivity contribution in [2.24, 2.45) is 0 Å². The Labute approximate surface area is 178 Å². The molecule has 0 bridgehead atoms. The lowest BCUT2D eigenvalue weighted by atomic mass is 10.1. The van der Waals surface area contributed by atoms with E-state index in [9.17, 15) is 12.8 Å². The van der Waals surface area contributed by atoms with Gasteiger partial charge in [0.15, 0.2) is 21.4 Å². The molecule has 0 aliphatic carbocycles. The molecule has 0 unspecified atom stereocenters. The number of fused-ring (bicyclic) bond motifs is 1. The molecular weight excluding hydrogens is 415 g/mol. The first-order valence-electron chi connectivity index (χ1n) is 9.53. The number of benzene rings is 3. The van der Waals surface area contributed by atoms with Crippen molar-refractivity contribution in [2.45, 2.75) is 4.90 Å². The Bertz CT molecular complexity index is 1500. The first-order chi connectivity index (χ1) is 14.9. The molecule has 0 atom stereocenters. The molecule has 7 heteroatoms. The number of furan rings is 1. The van der Waals surface area contributed by atoms with Crippen LogP contribution in [0.4, 0.5) is 4.39 Å². The van der Waals surface area contributed by atoms with Gasteiger partial charge in [0.2, 0.25) is 0 Å². The molecule has 0 aliphatic rings. The Morgan fingerprint density at radius 1 is 0.903 bits per heavy atom. The summed E-state index contributed by atoms with van der Waals surface area (Å²) in [6, 6.07) is 20.4. The smallest absolute Gasteiger partial charge is 0.177 e. The quantitative estimate of drug-likeness (QED) is 0.395. The predicted octanol–water partition coefficient (Wildman–Crippen LogP) is 5.70. The van der Waals surface area contributed by atoms with Crippen molar-refractivity contribution in [3.05, 3.63) is 84.9 Å². The molecule has 2 aromatic heterocycles. The summed E-state index contributed by atoms with van der Waals surface area (Å²) in [5, 5.41) is 1.87. The number of nitrogens with one attached hydrogen (secondary N) is 1. The van der Waals surface area contributed by atoms with Gasteiger partial charge in [-0.15, -0.1) is 0 Å². The van der Waals surface area contributed by atoms with E-state index in [1.165, 1.54) is 18.4 Å². The zero-order valence-electron chi connectivity index (χ0n) is 16.5. The van der Waals surface area contributed by atoms with Crippen molar-refractivity contribution >= 4 is 20.6 Å². The summed E-state index contributed by atoms with van der Waals surface area (Å²) in [5.41, 5.74) is 2.77. The summed E-state index contributed by atoms with van der Waals surface area (Å²) in [6.07, 6.45) is 2.84. The number of aromatic amines is 1. The molecule has 154 valence electrons. The Hall–Kier alpha value is -3.71. The topological polar surface area (TPSA) is 76.0 Å². The number of aromatic nitrogens is 2. The lowest BCUT2D eigenvalue weighted by molar-refractivity contribution is 0.583.